The number of pyridine rings is 1. The first-order valence-corrected chi connectivity index (χ1v) is 4.95. The van der Waals surface area contributed by atoms with Crippen molar-refractivity contribution in [3.63, 3.8) is 0 Å². The van der Waals surface area contributed by atoms with Crippen LogP contribution in [0.2, 0.25) is 0 Å². The maximum Gasteiger partial charge on any atom is 0.417 e. The van der Waals surface area contributed by atoms with Crippen LogP contribution < -0.4 is 5.32 Å². The molecule has 0 saturated heterocycles. The molecule has 18 heavy (non-hydrogen) atoms. The van der Waals surface area contributed by atoms with Gasteiger partial charge in [0.1, 0.15) is 5.69 Å². The lowest BCUT2D eigenvalue weighted by Crippen LogP contribution is -2.34. The maximum atomic E-state index is 12.2. The first kappa shape index (κ1) is 14.4. The van der Waals surface area contributed by atoms with Crippen molar-refractivity contribution in [2.45, 2.75) is 12.3 Å². The summed E-state index contributed by atoms with van der Waals surface area (Å²) in [4.78, 5) is 14.8. The Morgan fingerprint density at radius 2 is 2.11 bits per heavy atom. The van der Waals surface area contributed by atoms with Crippen molar-refractivity contribution in [1.82, 2.24) is 10.3 Å². The van der Waals surface area contributed by atoms with Gasteiger partial charge in [0.15, 0.2) is 0 Å². The van der Waals surface area contributed by atoms with Crippen molar-refractivity contribution in [1.29, 1.82) is 0 Å². The molecule has 0 saturated carbocycles. The Balaban J connectivity index is 2.65. The Morgan fingerprint density at radius 1 is 1.44 bits per heavy atom. The largest absolute Gasteiger partial charge is 0.417 e. The van der Waals surface area contributed by atoms with E-state index >= 15 is 0 Å². The number of carbonyl (C=O) groups is 1. The van der Waals surface area contributed by atoms with Gasteiger partial charge in [-0.15, -0.1) is 0 Å². The van der Waals surface area contributed by atoms with E-state index in [1.54, 1.807) is 0 Å². The van der Waals surface area contributed by atoms with Gasteiger partial charge in [0.25, 0.3) is 5.91 Å². The molecule has 1 atom stereocenters. The van der Waals surface area contributed by atoms with Crippen LogP contribution in [0.4, 0.5) is 13.2 Å². The molecule has 1 rings (SSSR count). The number of nitrogens with one attached hydrogen (secondary N) is 1. The van der Waals surface area contributed by atoms with Gasteiger partial charge in [0.2, 0.25) is 0 Å². The molecule has 0 spiro atoms. The molecule has 8 heteroatoms. The standard InChI is InChI=1S/C10H11F3N2O3/c11-10(12,13)6-1-2-8(14-3-6)9(18)15-4-7(17)5-16/h1-3,7,16-17H,4-5H2,(H,15,18). The summed E-state index contributed by atoms with van der Waals surface area (Å²) in [5.74, 6) is -0.726. The highest BCUT2D eigenvalue weighted by atomic mass is 19.4. The van der Waals surface area contributed by atoms with Crippen molar-refractivity contribution in [2.24, 2.45) is 0 Å². The van der Waals surface area contributed by atoms with E-state index in [-0.39, 0.29) is 12.2 Å². The molecule has 5 nitrogen and oxygen atoms in total. The fraction of sp³-hybridized carbons (Fsp3) is 0.400. The van der Waals surface area contributed by atoms with Crippen molar-refractivity contribution in [3.05, 3.63) is 29.6 Å². The van der Waals surface area contributed by atoms with Gasteiger partial charge in [-0.05, 0) is 12.1 Å². The number of aliphatic hydroxyl groups excluding tert-OH is 2. The summed E-state index contributed by atoms with van der Waals surface area (Å²) >= 11 is 0. The number of rotatable bonds is 4. The molecule has 1 unspecified atom stereocenters. The van der Waals surface area contributed by atoms with Gasteiger partial charge in [0.05, 0.1) is 18.3 Å². The Hall–Kier alpha value is -1.67. The van der Waals surface area contributed by atoms with E-state index in [0.717, 1.165) is 12.1 Å². The van der Waals surface area contributed by atoms with Gasteiger partial charge in [-0.1, -0.05) is 0 Å². The smallest absolute Gasteiger partial charge is 0.394 e. The molecule has 0 aliphatic heterocycles. The van der Waals surface area contributed by atoms with Gasteiger partial charge < -0.3 is 15.5 Å². The van der Waals surface area contributed by atoms with E-state index in [1.807, 2.05) is 0 Å². The molecule has 1 aromatic heterocycles. The van der Waals surface area contributed by atoms with E-state index in [2.05, 4.69) is 10.3 Å². The van der Waals surface area contributed by atoms with Crippen molar-refractivity contribution < 1.29 is 28.2 Å². The van der Waals surface area contributed by atoms with Crippen LogP contribution in [-0.2, 0) is 6.18 Å². The average Bonchev–Trinajstić information content (AvgIpc) is 2.34. The summed E-state index contributed by atoms with van der Waals surface area (Å²) in [6.45, 7) is -0.737. The maximum absolute atomic E-state index is 12.2. The van der Waals surface area contributed by atoms with E-state index in [9.17, 15) is 18.0 Å². The average molecular weight is 264 g/mol. The molecule has 0 aliphatic rings. The summed E-state index contributed by atoms with van der Waals surface area (Å²) in [5.41, 5.74) is -1.15. The molecular weight excluding hydrogens is 253 g/mol. The van der Waals surface area contributed by atoms with Crippen LogP contribution in [0, 0.1) is 0 Å². The second kappa shape index (κ2) is 5.78. The quantitative estimate of drug-likeness (QED) is 0.724. The molecule has 0 bridgehead atoms. The van der Waals surface area contributed by atoms with E-state index in [0.29, 0.717) is 6.20 Å². The zero-order valence-electron chi connectivity index (χ0n) is 9.11. The van der Waals surface area contributed by atoms with Gasteiger partial charge in [-0.25, -0.2) is 0 Å². The number of amides is 1. The predicted molar refractivity (Wildman–Crippen MR) is 54.7 cm³/mol. The van der Waals surface area contributed by atoms with Crippen LogP contribution in [0.25, 0.3) is 0 Å². The van der Waals surface area contributed by atoms with Crippen LogP contribution in [-0.4, -0.2) is 40.4 Å². The van der Waals surface area contributed by atoms with Crippen molar-refractivity contribution >= 4 is 5.91 Å². The Bertz CT molecular complexity index is 406. The number of hydrogen-bond donors (Lipinski definition) is 3. The molecule has 0 aliphatic carbocycles. The third-order valence-corrected chi connectivity index (χ3v) is 2.03. The third kappa shape index (κ3) is 3.97. The molecule has 3 N–H and O–H groups in total. The zero-order valence-corrected chi connectivity index (χ0v) is 9.11. The van der Waals surface area contributed by atoms with E-state index in [1.165, 1.54) is 0 Å². The number of carbonyl (C=O) groups excluding carboxylic acids is 1. The Kier molecular flexibility index (Phi) is 4.62. The highest BCUT2D eigenvalue weighted by molar-refractivity contribution is 5.92. The lowest BCUT2D eigenvalue weighted by Gasteiger charge is -2.09. The van der Waals surface area contributed by atoms with Gasteiger partial charge in [-0.2, -0.15) is 13.2 Å². The molecule has 1 aromatic rings. The minimum absolute atomic E-state index is 0.201. The highest BCUT2D eigenvalue weighted by Crippen LogP contribution is 2.28. The van der Waals surface area contributed by atoms with Gasteiger partial charge in [0, 0.05) is 12.7 Å². The topological polar surface area (TPSA) is 82.5 Å². The van der Waals surface area contributed by atoms with Crippen LogP contribution >= 0.6 is 0 Å². The molecule has 0 aromatic carbocycles. The summed E-state index contributed by atoms with van der Waals surface area (Å²) in [6.07, 6.45) is -5.07. The predicted octanol–water partition coefficient (Wildman–Crippen LogP) is 0.183. The van der Waals surface area contributed by atoms with Gasteiger partial charge in [-0.3, -0.25) is 9.78 Å². The summed E-state index contributed by atoms with van der Waals surface area (Å²) in [5, 5.41) is 19.7. The van der Waals surface area contributed by atoms with Crippen LogP contribution in [0.3, 0.4) is 0 Å². The van der Waals surface area contributed by atoms with E-state index in [4.69, 9.17) is 10.2 Å². The molecule has 0 fully saturated rings. The SMILES string of the molecule is O=C(NCC(O)CO)c1ccc(C(F)(F)F)cn1. The fourth-order valence-corrected chi connectivity index (χ4v) is 1.06. The molecule has 100 valence electrons. The zero-order chi connectivity index (χ0) is 13.8. The summed E-state index contributed by atoms with van der Waals surface area (Å²) in [6, 6.07) is 1.67. The number of nitrogens with zero attached hydrogens (tertiary/aromatic N) is 1. The number of aromatic nitrogens is 1. The molecule has 0 radical (unpaired) electrons. The normalized spacial score (nSPS) is 13.2. The second-order valence-electron chi connectivity index (χ2n) is 3.48. The number of alkyl halides is 3. The minimum atomic E-state index is -4.50. The van der Waals surface area contributed by atoms with Crippen molar-refractivity contribution in [3.8, 4) is 0 Å². The lowest BCUT2D eigenvalue weighted by atomic mass is 10.2. The highest BCUT2D eigenvalue weighted by Gasteiger charge is 2.30. The van der Waals surface area contributed by atoms with Crippen LogP contribution in [0.15, 0.2) is 18.3 Å². The first-order chi connectivity index (χ1) is 8.34. The minimum Gasteiger partial charge on any atom is -0.394 e. The summed E-state index contributed by atoms with van der Waals surface area (Å²) < 4.78 is 36.7. The Labute approximate surface area is 100 Å². The number of aliphatic hydroxyl groups is 2. The molecular formula is C10H11F3N2O3. The third-order valence-electron chi connectivity index (χ3n) is 2.03. The molecule has 1 amide bonds. The lowest BCUT2D eigenvalue weighted by molar-refractivity contribution is -0.137. The Morgan fingerprint density at radius 3 is 2.56 bits per heavy atom. The van der Waals surface area contributed by atoms with Crippen molar-refractivity contribution in [2.75, 3.05) is 13.2 Å². The summed E-state index contributed by atoms with van der Waals surface area (Å²) in [7, 11) is 0. The molecule has 1 heterocycles. The number of hydrogen-bond acceptors (Lipinski definition) is 4. The van der Waals surface area contributed by atoms with Crippen LogP contribution in [0.1, 0.15) is 16.1 Å². The van der Waals surface area contributed by atoms with Gasteiger partial charge >= 0.3 is 6.18 Å². The monoisotopic (exact) mass is 264 g/mol. The van der Waals surface area contributed by atoms with E-state index < -0.39 is 30.4 Å². The van der Waals surface area contributed by atoms with Crippen LogP contribution in [0.5, 0.6) is 0 Å². The number of halogens is 3. The fourth-order valence-electron chi connectivity index (χ4n) is 1.06. The second-order valence-corrected chi connectivity index (χ2v) is 3.48. The first-order valence-electron chi connectivity index (χ1n) is 4.95.